The predicted octanol–water partition coefficient (Wildman–Crippen LogP) is 2.68. The van der Waals surface area contributed by atoms with Crippen molar-refractivity contribution in [2.75, 3.05) is 31.1 Å². The third-order valence-corrected chi connectivity index (χ3v) is 5.52. The maximum Gasteiger partial charge on any atom is 0.269 e. The van der Waals surface area contributed by atoms with Crippen LogP contribution >= 0.6 is 0 Å². The van der Waals surface area contributed by atoms with Crippen molar-refractivity contribution in [2.45, 2.75) is 26.8 Å². The zero-order valence-electron chi connectivity index (χ0n) is 15.2. The fourth-order valence-electron chi connectivity index (χ4n) is 3.69. The number of aryl methyl sites for hydroxylation is 1. The number of nitrogens with one attached hydrogen (secondary N) is 1. The monoisotopic (exact) mass is 340 g/mol. The van der Waals surface area contributed by atoms with Gasteiger partial charge in [0.15, 0.2) is 0 Å². The number of nitro benzene ring substituents is 1. The first-order valence-corrected chi connectivity index (χ1v) is 8.87. The van der Waals surface area contributed by atoms with Gasteiger partial charge in [0.25, 0.3) is 5.69 Å². The van der Waals surface area contributed by atoms with E-state index in [1.165, 1.54) is 21.7 Å². The molecule has 132 valence electrons. The van der Waals surface area contributed by atoms with Gasteiger partial charge in [-0.05, 0) is 38.0 Å². The third-order valence-electron chi connectivity index (χ3n) is 5.52. The van der Waals surface area contributed by atoms with Crippen molar-refractivity contribution < 1.29 is 9.82 Å². The SMILES string of the molecule is Cc1cccc(N2CC[NH+]([C@H](C)c3cccc([N+](=O)[O-])c3)CC2)c1C. The second kappa shape index (κ2) is 7.23. The predicted molar refractivity (Wildman–Crippen MR) is 100 cm³/mol. The molecule has 1 aliphatic rings. The van der Waals surface area contributed by atoms with E-state index in [0.29, 0.717) is 0 Å². The Bertz CT molecular complexity index is 767. The Hall–Kier alpha value is -2.40. The molecule has 2 aromatic rings. The van der Waals surface area contributed by atoms with Gasteiger partial charge in [-0.15, -0.1) is 0 Å². The minimum absolute atomic E-state index is 0.178. The molecule has 1 saturated heterocycles. The summed E-state index contributed by atoms with van der Waals surface area (Å²) in [5.74, 6) is 0. The number of nitrogens with zero attached hydrogens (tertiary/aromatic N) is 2. The van der Waals surface area contributed by atoms with Gasteiger partial charge >= 0.3 is 0 Å². The summed E-state index contributed by atoms with van der Waals surface area (Å²) in [4.78, 5) is 14.6. The van der Waals surface area contributed by atoms with Crippen LogP contribution in [0, 0.1) is 24.0 Å². The summed E-state index contributed by atoms with van der Waals surface area (Å²) < 4.78 is 0. The molecular weight excluding hydrogens is 314 g/mol. The number of piperazine rings is 1. The number of rotatable bonds is 4. The van der Waals surface area contributed by atoms with Crippen LogP contribution in [0.3, 0.4) is 0 Å². The molecule has 1 aliphatic heterocycles. The van der Waals surface area contributed by atoms with Crippen LogP contribution in [0.25, 0.3) is 0 Å². The average Bonchev–Trinajstić information content (AvgIpc) is 2.63. The van der Waals surface area contributed by atoms with Gasteiger partial charge in [0.2, 0.25) is 0 Å². The first-order chi connectivity index (χ1) is 12.0. The Kier molecular flexibility index (Phi) is 5.04. The number of quaternary nitrogens is 1. The van der Waals surface area contributed by atoms with Crippen LogP contribution in [-0.4, -0.2) is 31.1 Å². The summed E-state index contributed by atoms with van der Waals surface area (Å²) in [5, 5.41) is 11.0. The summed E-state index contributed by atoms with van der Waals surface area (Å²) in [5.41, 5.74) is 5.25. The van der Waals surface area contributed by atoms with E-state index in [-0.39, 0.29) is 16.7 Å². The van der Waals surface area contributed by atoms with E-state index in [1.807, 2.05) is 6.07 Å². The zero-order valence-corrected chi connectivity index (χ0v) is 15.2. The maximum atomic E-state index is 11.0. The molecule has 5 heteroatoms. The van der Waals surface area contributed by atoms with Crippen LogP contribution in [-0.2, 0) is 0 Å². The lowest BCUT2D eigenvalue weighted by atomic mass is 10.0. The Morgan fingerprint density at radius 1 is 1.12 bits per heavy atom. The highest BCUT2D eigenvalue weighted by atomic mass is 16.6. The molecule has 1 atom stereocenters. The highest BCUT2D eigenvalue weighted by molar-refractivity contribution is 5.56. The van der Waals surface area contributed by atoms with Crippen molar-refractivity contribution in [2.24, 2.45) is 0 Å². The summed E-state index contributed by atoms with van der Waals surface area (Å²) in [6.07, 6.45) is 0. The van der Waals surface area contributed by atoms with E-state index in [1.54, 1.807) is 18.2 Å². The lowest BCUT2D eigenvalue weighted by Gasteiger charge is -2.37. The molecule has 0 aromatic heterocycles. The van der Waals surface area contributed by atoms with Gasteiger partial charge in [-0.1, -0.05) is 24.3 Å². The average molecular weight is 340 g/mol. The molecule has 0 bridgehead atoms. The second-order valence-corrected chi connectivity index (χ2v) is 6.94. The number of anilines is 1. The first-order valence-electron chi connectivity index (χ1n) is 8.87. The molecule has 1 N–H and O–H groups in total. The Morgan fingerprint density at radius 2 is 1.80 bits per heavy atom. The molecule has 0 amide bonds. The smallest absolute Gasteiger partial charge is 0.269 e. The molecule has 2 aromatic carbocycles. The fourth-order valence-corrected chi connectivity index (χ4v) is 3.69. The minimum Gasteiger partial charge on any atom is -0.360 e. The Morgan fingerprint density at radius 3 is 2.48 bits per heavy atom. The van der Waals surface area contributed by atoms with Crippen molar-refractivity contribution in [3.05, 3.63) is 69.3 Å². The van der Waals surface area contributed by atoms with Gasteiger partial charge in [-0.25, -0.2) is 0 Å². The van der Waals surface area contributed by atoms with Gasteiger partial charge in [-0.3, -0.25) is 10.1 Å². The van der Waals surface area contributed by atoms with Crippen molar-refractivity contribution in [3.63, 3.8) is 0 Å². The molecule has 0 radical (unpaired) electrons. The minimum atomic E-state index is -0.315. The van der Waals surface area contributed by atoms with Crippen LogP contribution in [0.4, 0.5) is 11.4 Å². The van der Waals surface area contributed by atoms with Crippen LogP contribution < -0.4 is 9.80 Å². The topological polar surface area (TPSA) is 50.8 Å². The van der Waals surface area contributed by atoms with E-state index in [2.05, 4.69) is 43.9 Å². The molecule has 1 fully saturated rings. The van der Waals surface area contributed by atoms with Gasteiger partial charge in [0, 0.05) is 23.4 Å². The molecule has 0 unspecified atom stereocenters. The van der Waals surface area contributed by atoms with Gasteiger partial charge < -0.3 is 9.80 Å². The summed E-state index contributed by atoms with van der Waals surface area (Å²) >= 11 is 0. The van der Waals surface area contributed by atoms with Crippen molar-refractivity contribution >= 4 is 11.4 Å². The summed E-state index contributed by atoms with van der Waals surface area (Å²) in [6, 6.07) is 13.8. The largest absolute Gasteiger partial charge is 0.360 e. The first kappa shape index (κ1) is 17.4. The van der Waals surface area contributed by atoms with Crippen molar-refractivity contribution in [3.8, 4) is 0 Å². The molecule has 5 nitrogen and oxygen atoms in total. The molecule has 1 heterocycles. The molecule has 0 saturated carbocycles. The second-order valence-electron chi connectivity index (χ2n) is 6.94. The van der Waals surface area contributed by atoms with E-state index in [0.717, 1.165) is 31.7 Å². The third kappa shape index (κ3) is 3.66. The normalized spacial score (nSPS) is 16.7. The van der Waals surface area contributed by atoms with Gasteiger partial charge in [0.05, 0.1) is 31.1 Å². The Balaban J connectivity index is 1.68. The quantitative estimate of drug-likeness (QED) is 0.688. The molecule has 0 spiro atoms. The van der Waals surface area contributed by atoms with Crippen molar-refractivity contribution in [1.29, 1.82) is 0 Å². The van der Waals surface area contributed by atoms with E-state index in [9.17, 15) is 10.1 Å². The number of nitro groups is 1. The number of hydrogen-bond donors (Lipinski definition) is 1. The molecule has 25 heavy (non-hydrogen) atoms. The molecule has 0 aliphatic carbocycles. The lowest BCUT2D eigenvalue weighted by Crippen LogP contribution is -3.14. The summed E-state index contributed by atoms with van der Waals surface area (Å²) in [6.45, 7) is 10.6. The van der Waals surface area contributed by atoms with Gasteiger partial charge in [-0.2, -0.15) is 0 Å². The highest BCUT2D eigenvalue weighted by Gasteiger charge is 2.27. The van der Waals surface area contributed by atoms with E-state index in [4.69, 9.17) is 0 Å². The van der Waals surface area contributed by atoms with Crippen LogP contribution in [0.1, 0.15) is 29.7 Å². The van der Waals surface area contributed by atoms with Crippen molar-refractivity contribution in [1.82, 2.24) is 0 Å². The van der Waals surface area contributed by atoms with Crippen LogP contribution in [0.2, 0.25) is 0 Å². The standard InChI is InChI=1S/C20H25N3O2/c1-15-6-4-9-20(16(15)2)22-12-10-21(11-13-22)17(3)18-7-5-8-19(14-18)23(24)25/h4-9,14,17H,10-13H2,1-3H3/p+1/t17-/m1/s1. The lowest BCUT2D eigenvalue weighted by molar-refractivity contribution is -0.930. The number of non-ortho nitro benzene ring substituents is 1. The summed E-state index contributed by atoms with van der Waals surface area (Å²) in [7, 11) is 0. The molecular formula is C20H26N3O2+. The van der Waals surface area contributed by atoms with Crippen LogP contribution in [0.15, 0.2) is 42.5 Å². The van der Waals surface area contributed by atoms with E-state index >= 15 is 0 Å². The van der Waals surface area contributed by atoms with Gasteiger partial charge in [0.1, 0.15) is 6.04 Å². The maximum absolute atomic E-state index is 11.0. The zero-order chi connectivity index (χ0) is 18.0. The molecule has 3 rings (SSSR count). The number of hydrogen-bond acceptors (Lipinski definition) is 3. The van der Waals surface area contributed by atoms with Crippen LogP contribution in [0.5, 0.6) is 0 Å². The highest BCUT2D eigenvalue weighted by Crippen LogP contribution is 2.23. The van der Waals surface area contributed by atoms with E-state index < -0.39 is 0 Å². The Labute approximate surface area is 149 Å². The fraction of sp³-hybridized carbons (Fsp3) is 0.400. The number of benzene rings is 2.